The van der Waals surface area contributed by atoms with Crippen molar-refractivity contribution in [1.82, 2.24) is 19.4 Å². The van der Waals surface area contributed by atoms with Crippen LogP contribution in [0.4, 0.5) is 19.0 Å². The molecule has 2 heterocycles. The number of hydrogen-bond acceptors (Lipinski definition) is 4. The number of hydrogen-bond donors (Lipinski definition) is 1. The number of pyridine rings is 1. The first-order valence-corrected chi connectivity index (χ1v) is 11.2. The molecule has 0 aliphatic carbocycles. The molecule has 0 aliphatic heterocycles. The summed E-state index contributed by atoms with van der Waals surface area (Å²) in [4.78, 5) is 23.1. The summed E-state index contributed by atoms with van der Waals surface area (Å²) in [6, 6.07) is 12.4. The van der Waals surface area contributed by atoms with Crippen LogP contribution in [0.25, 0.3) is 11.0 Å². The van der Waals surface area contributed by atoms with E-state index in [0.29, 0.717) is 5.56 Å². The van der Waals surface area contributed by atoms with Crippen LogP contribution >= 0.6 is 0 Å². The molecule has 4 aromatic rings. The van der Waals surface area contributed by atoms with Gasteiger partial charge in [0.05, 0.1) is 22.9 Å². The molecule has 2 aromatic carbocycles. The molecule has 2 aromatic heterocycles. The monoisotopic (exact) mass is 491 g/mol. The number of carbonyl (C=O) groups excluding carboxylic acids is 1. The molecule has 36 heavy (non-hydrogen) atoms. The summed E-state index contributed by atoms with van der Waals surface area (Å²) < 4.78 is 40.9. The van der Waals surface area contributed by atoms with Crippen molar-refractivity contribution in [2.45, 2.75) is 19.6 Å². The number of carbonyl (C=O) groups is 1. The normalized spacial score (nSPS) is 11.4. The second-order valence-electron chi connectivity index (χ2n) is 8.61. The third kappa shape index (κ3) is 5.90. The maximum Gasteiger partial charge on any atom is 0.416 e. The zero-order valence-corrected chi connectivity index (χ0v) is 20.0. The molecular formula is C27H24F3N5O. The molecule has 0 saturated carbocycles. The van der Waals surface area contributed by atoms with Crippen LogP contribution in [0.15, 0.2) is 61.1 Å². The number of anilines is 1. The average Bonchev–Trinajstić information content (AvgIpc) is 3.24. The molecule has 0 bridgehead atoms. The van der Waals surface area contributed by atoms with E-state index in [1.54, 1.807) is 18.2 Å². The van der Waals surface area contributed by atoms with Gasteiger partial charge in [-0.3, -0.25) is 4.79 Å². The van der Waals surface area contributed by atoms with E-state index in [4.69, 9.17) is 0 Å². The minimum Gasteiger partial charge on any atom is -0.329 e. The lowest BCUT2D eigenvalue weighted by Crippen LogP contribution is -2.17. The van der Waals surface area contributed by atoms with Crippen molar-refractivity contribution in [2.24, 2.45) is 0 Å². The fourth-order valence-corrected chi connectivity index (χ4v) is 3.53. The molecule has 0 fully saturated rings. The smallest absolute Gasteiger partial charge is 0.329 e. The van der Waals surface area contributed by atoms with Gasteiger partial charge in [-0.1, -0.05) is 17.9 Å². The number of amides is 1. The van der Waals surface area contributed by atoms with Crippen molar-refractivity contribution >= 4 is 22.8 Å². The molecule has 6 nitrogen and oxygen atoms in total. The van der Waals surface area contributed by atoms with E-state index in [2.05, 4.69) is 36.6 Å². The lowest BCUT2D eigenvalue weighted by Gasteiger charge is -2.10. The fourth-order valence-electron chi connectivity index (χ4n) is 3.53. The summed E-state index contributed by atoms with van der Waals surface area (Å²) in [5, 5.41) is 2.42. The van der Waals surface area contributed by atoms with Crippen LogP contribution in [0.1, 0.15) is 32.6 Å². The fraction of sp³-hybridized carbons (Fsp3) is 0.222. The lowest BCUT2D eigenvalue weighted by atomic mass is 10.0. The van der Waals surface area contributed by atoms with Crippen LogP contribution in [0.2, 0.25) is 0 Å². The average molecular weight is 492 g/mol. The maximum atomic E-state index is 12.9. The number of fused-ring (bicyclic) bond motifs is 1. The molecule has 1 N–H and O–H groups in total. The lowest BCUT2D eigenvalue weighted by molar-refractivity contribution is -0.137. The third-order valence-electron chi connectivity index (χ3n) is 5.58. The molecule has 4 rings (SSSR count). The van der Waals surface area contributed by atoms with Crippen LogP contribution < -0.4 is 5.32 Å². The number of likely N-dealkylation sites (N-methyl/N-ethyl adjacent to an activating group) is 1. The van der Waals surface area contributed by atoms with Gasteiger partial charge in [0.15, 0.2) is 0 Å². The van der Waals surface area contributed by atoms with Gasteiger partial charge in [0.1, 0.15) is 5.82 Å². The molecule has 0 spiro atoms. The van der Waals surface area contributed by atoms with Crippen molar-refractivity contribution in [1.29, 1.82) is 0 Å². The number of aromatic nitrogens is 3. The van der Waals surface area contributed by atoms with E-state index in [1.807, 2.05) is 45.5 Å². The number of rotatable bonds is 5. The number of nitrogens with zero attached hydrogens (tertiary/aromatic N) is 4. The van der Waals surface area contributed by atoms with Gasteiger partial charge in [0.2, 0.25) is 0 Å². The summed E-state index contributed by atoms with van der Waals surface area (Å²) in [5.74, 6) is 5.46. The molecule has 0 atom stereocenters. The molecular weight excluding hydrogens is 467 g/mol. The van der Waals surface area contributed by atoms with Crippen molar-refractivity contribution in [3.8, 4) is 11.8 Å². The zero-order chi connectivity index (χ0) is 25.9. The van der Waals surface area contributed by atoms with Gasteiger partial charge >= 0.3 is 6.18 Å². The number of aryl methyl sites for hydroxylation is 1. The summed E-state index contributed by atoms with van der Waals surface area (Å²) in [5.41, 5.74) is 3.53. The Kier molecular flexibility index (Phi) is 7.08. The summed E-state index contributed by atoms with van der Waals surface area (Å²) >= 11 is 0. The van der Waals surface area contributed by atoms with Crippen molar-refractivity contribution in [3.05, 3.63) is 88.9 Å². The van der Waals surface area contributed by atoms with E-state index >= 15 is 0 Å². The van der Waals surface area contributed by atoms with Gasteiger partial charge in [0, 0.05) is 36.0 Å². The first-order chi connectivity index (χ1) is 17.1. The van der Waals surface area contributed by atoms with Crippen LogP contribution in [0.5, 0.6) is 0 Å². The zero-order valence-electron chi connectivity index (χ0n) is 20.0. The third-order valence-corrected chi connectivity index (χ3v) is 5.58. The number of imidazole rings is 1. The molecule has 9 heteroatoms. The Bertz CT molecular complexity index is 1480. The summed E-state index contributed by atoms with van der Waals surface area (Å²) in [6.07, 6.45) is -1.70. The van der Waals surface area contributed by atoms with Gasteiger partial charge in [0.25, 0.3) is 5.91 Å². The Morgan fingerprint density at radius 2 is 1.86 bits per heavy atom. The number of alkyl halides is 3. The summed E-state index contributed by atoms with van der Waals surface area (Å²) in [6.45, 7) is 3.61. The largest absolute Gasteiger partial charge is 0.416 e. The number of benzene rings is 2. The quantitative estimate of drug-likeness (QED) is 0.401. The number of halogens is 3. The Morgan fingerprint density at radius 3 is 2.61 bits per heavy atom. The van der Waals surface area contributed by atoms with Gasteiger partial charge in [-0.2, -0.15) is 13.2 Å². The Labute approximate surface area is 206 Å². The van der Waals surface area contributed by atoms with Crippen LogP contribution in [0, 0.1) is 18.8 Å². The van der Waals surface area contributed by atoms with E-state index < -0.39 is 17.6 Å². The van der Waals surface area contributed by atoms with Crippen LogP contribution in [0.3, 0.4) is 0 Å². The highest BCUT2D eigenvalue weighted by Gasteiger charge is 2.30. The highest BCUT2D eigenvalue weighted by Crippen LogP contribution is 2.30. The molecule has 184 valence electrons. The first-order valence-electron chi connectivity index (χ1n) is 11.2. The minimum atomic E-state index is -4.53. The van der Waals surface area contributed by atoms with E-state index in [1.165, 1.54) is 0 Å². The first kappa shape index (κ1) is 24.9. The van der Waals surface area contributed by atoms with E-state index in [0.717, 1.165) is 53.6 Å². The van der Waals surface area contributed by atoms with Crippen molar-refractivity contribution < 1.29 is 18.0 Å². The van der Waals surface area contributed by atoms with Crippen molar-refractivity contribution in [3.63, 3.8) is 0 Å². The number of nitrogens with one attached hydrogen (secondary N) is 1. The second kappa shape index (κ2) is 10.2. The molecule has 0 unspecified atom stereocenters. The maximum absolute atomic E-state index is 12.9. The molecule has 0 saturated heterocycles. The van der Waals surface area contributed by atoms with Gasteiger partial charge in [-0.15, -0.1) is 0 Å². The Morgan fingerprint density at radius 1 is 1.06 bits per heavy atom. The molecule has 0 aliphatic rings. The van der Waals surface area contributed by atoms with E-state index in [9.17, 15) is 18.0 Å². The van der Waals surface area contributed by atoms with Crippen molar-refractivity contribution in [2.75, 3.05) is 26.0 Å². The van der Waals surface area contributed by atoms with Crippen LogP contribution in [-0.4, -0.2) is 46.0 Å². The van der Waals surface area contributed by atoms with Gasteiger partial charge < -0.3 is 14.8 Å². The topological polar surface area (TPSA) is 63.1 Å². The SMILES string of the molecule is Cc1ccc(C(=O)Nc2cc(C(F)(F)F)ccn2)cc1C#Cc1ccc2c(c1)ncn2CCN(C)C. The molecule has 1 amide bonds. The Balaban J connectivity index is 1.53. The predicted octanol–water partition coefficient (Wildman–Crippen LogP) is 4.97. The second-order valence-corrected chi connectivity index (χ2v) is 8.61. The highest BCUT2D eigenvalue weighted by atomic mass is 19.4. The standard InChI is InChI=1S/C27H24F3N5O/c1-18-4-7-21(26(36)33-25-16-22(10-11-31-25)27(28,29)30)15-20(18)8-5-19-6-9-24-23(14-19)32-17-35(24)13-12-34(2)3/h4,6-7,9-11,14-17H,12-13H2,1-3H3,(H,31,33,36). The summed E-state index contributed by atoms with van der Waals surface area (Å²) in [7, 11) is 4.05. The minimum absolute atomic E-state index is 0.179. The Hall–Kier alpha value is -4.16. The highest BCUT2D eigenvalue weighted by molar-refractivity contribution is 6.04. The predicted molar refractivity (Wildman–Crippen MR) is 133 cm³/mol. The molecule has 0 radical (unpaired) electrons. The van der Waals surface area contributed by atoms with Crippen LogP contribution in [-0.2, 0) is 12.7 Å². The van der Waals surface area contributed by atoms with Gasteiger partial charge in [-0.25, -0.2) is 9.97 Å². The van der Waals surface area contributed by atoms with Gasteiger partial charge in [-0.05, 0) is 69.0 Å². The van der Waals surface area contributed by atoms with E-state index in [-0.39, 0.29) is 11.4 Å².